The maximum atomic E-state index is 4.19. The molecule has 0 radical (unpaired) electrons. The lowest BCUT2D eigenvalue weighted by atomic mass is 9.85. The summed E-state index contributed by atoms with van der Waals surface area (Å²) in [6.07, 6.45) is 7.08. The molecule has 1 N–H and O–H groups in total. The Morgan fingerprint density at radius 1 is 1.31 bits per heavy atom. The Hall–Kier alpha value is -0.340. The minimum atomic E-state index is 0.804. The Labute approximate surface area is 100 Å². The first-order valence-corrected chi connectivity index (χ1v) is 6.90. The highest BCUT2D eigenvalue weighted by molar-refractivity contribution is 5.02. The van der Waals surface area contributed by atoms with Gasteiger partial charge in [0.15, 0.2) is 0 Å². The van der Waals surface area contributed by atoms with E-state index in [2.05, 4.69) is 23.7 Å². The van der Waals surface area contributed by atoms with E-state index in [0.29, 0.717) is 0 Å². The van der Waals surface area contributed by atoms with Gasteiger partial charge in [0, 0.05) is 25.7 Å². The minimum absolute atomic E-state index is 0.804. The number of nitrogens with one attached hydrogen (secondary N) is 1. The first-order chi connectivity index (χ1) is 7.78. The molecule has 0 unspecified atom stereocenters. The van der Waals surface area contributed by atoms with E-state index in [1.165, 1.54) is 50.8 Å². The van der Waals surface area contributed by atoms with E-state index < -0.39 is 0 Å². The maximum absolute atomic E-state index is 4.19. The molecule has 2 aliphatic rings. The first kappa shape index (κ1) is 12.1. The summed E-state index contributed by atoms with van der Waals surface area (Å²) in [5, 5.41) is 3.54. The van der Waals surface area contributed by atoms with Gasteiger partial charge in [0.25, 0.3) is 0 Å². The molecule has 2 aliphatic carbocycles. The van der Waals surface area contributed by atoms with Gasteiger partial charge in [-0.15, -0.1) is 0 Å². The lowest BCUT2D eigenvalue weighted by Gasteiger charge is -2.32. The van der Waals surface area contributed by atoms with Crippen LogP contribution in [0, 0.1) is 5.92 Å². The predicted octanol–water partition coefficient (Wildman–Crippen LogP) is 2.42. The van der Waals surface area contributed by atoms with Crippen molar-refractivity contribution < 1.29 is 0 Å². The average Bonchev–Trinajstić information content (AvgIpc) is 3.02. The molecule has 2 fully saturated rings. The fourth-order valence-electron chi connectivity index (χ4n) is 2.29. The summed E-state index contributed by atoms with van der Waals surface area (Å²) in [5.74, 6) is 0.976. The highest BCUT2D eigenvalue weighted by Crippen LogP contribution is 2.27. The first-order valence-electron chi connectivity index (χ1n) is 6.90. The summed E-state index contributed by atoms with van der Waals surface area (Å²) >= 11 is 0. The van der Waals surface area contributed by atoms with E-state index in [-0.39, 0.29) is 0 Å². The molecule has 92 valence electrons. The highest BCUT2D eigenvalue weighted by atomic mass is 15.1. The second-order valence-corrected chi connectivity index (χ2v) is 5.53. The van der Waals surface area contributed by atoms with Gasteiger partial charge in [-0.1, -0.05) is 19.9 Å². The van der Waals surface area contributed by atoms with Crippen LogP contribution in [0.25, 0.3) is 0 Å². The topological polar surface area (TPSA) is 15.3 Å². The number of hydrogen-bond donors (Lipinski definition) is 1. The van der Waals surface area contributed by atoms with Crippen LogP contribution in [0.2, 0.25) is 0 Å². The van der Waals surface area contributed by atoms with Gasteiger partial charge in [0.1, 0.15) is 0 Å². The second kappa shape index (κ2) is 5.83. The molecule has 0 saturated heterocycles. The predicted molar refractivity (Wildman–Crippen MR) is 69.6 cm³/mol. The molecule has 0 spiro atoms. The van der Waals surface area contributed by atoms with Crippen LogP contribution in [-0.2, 0) is 0 Å². The maximum Gasteiger partial charge on any atom is 0.0202 e. The molecule has 0 aromatic heterocycles. The van der Waals surface area contributed by atoms with Crippen molar-refractivity contribution in [2.45, 2.75) is 45.1 Å². The molecule has 2 heteroatoms. The van der Waals surface area contributed by atoms with Crippen LogP contribution in [0.15, 0.2) is 12.2 Å². The third-order valence-electron chi connectivity index (χ3n) is 3.85. The summed E-state index contributed by atoms with van der Waals surface area (Å²) in [6.45, 7) is 11.0. The zero-order chi connectivity index (χ0) is 11.4. The van der Waals surface area contributed by atoms with Crippen LogP contribution in [-0.4, -0.2) is 37.1 Å². The summed E-state index contributed by atoms with van der Waals surface area (Å²) in [5.41, 5.74) is 1.35. The Bertz CT molecular complexity index is 229. The third kappa shape index (κ3) is 3.91. The van der Waals surface area contributed by atoms with Crippen LogP contribution in [0.1, 0.15) is 39.0 Å². The number of likely N-dealkylation sites (N-methyl/N-ethyl adjacent to an activating group) is 1. The molecular formula is C14H26N2. The van der Waals surface area contributed by atoms with E-state index in [1.54, 1.807) is 0 Å². The van der Waals surface area contributed by atoms with Crippen molar-refractivity contribution in [3.63, 3.8) is 0 Å². The van der Waals surface area contributed by atoms with Gasteiger partial charge < -0.3 is 5.32 Å². The van der Waals surface area contributed by atoms with Crippen LogP contribution in [0.3, 0.4) is 0 Å². The normalized spacial score (nSPS) is 21.1. The van der Waals surface area contributed by atoms with Crippen LogP contribution in [0.5, 0.6) is 0 Å². The summed E-state index contributed by atoms with van der Waals surface area (Å²) in [4.78, 5) is 2.56. The van der Waals surface area contributed by atoms with E-state index in [1.807, 2.05) is 0 Å². The molecule has 2 saturated carbocycles. The summed E-state index contributed by atoms with van der Waals surface area (Å²) in [7, 11) is 0. The monoisotopic (exact) mass is 222 g/mol. The van der Waals surface area contributed by atoms with E-state index in [0.717, 1.165) is 25.0 Å². The van der Waals surface area contributed by atoms with Crippen molar-refractivity contribution in [2.75, 3.05) is 26.2 Å². The van der Waals surface area contributed by atoms with Crippen LogP contribution in [0.4, 0.5) is 0 Å². The van der Waals surface area contributed by atoms with Crippen molar-refractivity contribution >= 4 is 0 Å². The number of nitrogens with zero attached hydrogens (tertiary/aromatic N) is 1. The minimum Gasteiger partial charge on any atom is -0.310 e. The van der Waals surface area contributed by atoms with Crippen molar-refractivity contribution in [2.24, 2.45) is 5.92 Å². The Balaban J connectivity index is 1.61. The highest BCUT2D eigenvalue weighted by Gasteiger charge is 2.22. The average molecular weight is 222 g/mol. The van der Waals surface area contributed by atoms with Gasteiger partial charge in [-0.25, -0.2) is 0 Å². The van der Waals surface area contributed by atoms with Gasteiger partial charge in [0.2, 0.25) is 0 Å². The zero-order valence-corrected chi connectivity index (χ0v) is 10.7. The molecule has 0 atom stereocenters. The molecule has 16 heavy (non-hydrogen) atoms. The van der Waals surface area contributed by atoms with Gasteiger partial charge in [-0.3, -0.25) is 4.90 Å². The zero-order valence-electron chi connectivity index (χ0n) is 10.7. The molecule has 0 bridgehead atoms. The standard InChI is InChI=1S/C14H26N2/c1-3-16(11-13-5-4-6-13)10-12(2)9-15-14-7-8-14/h13-15H,2-11H2,1H3. The quantitative estimate of drug-likeness (QED) is 0.635. The van der Waals surface area contributed by atoms with Gasteiger partial charge in [-0.2, -0.15) is 0 Å². The van der Waals surface area contributed by atoms with Crippen LogP contribution < -0.4 is 5.32 Å². The molecule has 0 aliphatic heterocycles. The molecular weight excluding hydrogens is 196 g/mol. The van der Waals surface area contributed by atoms with Crippen LogP contribution >= 0.6 is 0 Å². The van der Waals surface area contributed by atoms with Crippen molar-refractivity contribution in [1.82, 2.24) is 10.2 Å². The van der Waals surface area contributed by atoms with Gasteiger partial charge in [-0.05, 0) is 43.7 Å². The van der Waals surface area contributed by atoms with E-state index in [4.69, 9.17) is 0 Å². The van der Waals surface area contributed by atoms with Crippen molar-refractivity contribution in [1.29, 1.82) is 0 Å². The number of hydrogen-bond acceptors (Lipinski definition) is 2. The van der Waals surface area contributed by atoms with Gasteiger partial charge >= 0.3 is 0 Å². The molecule has 0 aromatic carbocycles. The SMILES string of the molecule is C=C(CNC1CC1)CN(CC)CC1CCC1. The van der Waals surface area contributed by atoms with Gasteiger partial charge in [0.05, 0.1) is 0 Å². The molecule has 2 rings (SSSR count). The summed E-state index contributed by atoms with van der Waals surface area (Å²) < 4.78 is 0. The van der Waals surface area contributed by atoms with E-state index >= 15 is 0 Å². The third-order valence-corrected chi connectivity index (χ3v) is 3.85. The fourth-order valence-corrected chi connectivity index (χ4v) is 2.29. The second-order valence-electron chi connectivity index (χ2n) is 5.53. The summed E-state index contributed by atoms with van der Waals surface area (Å²) in [6, 6.07) is 0.804. The largest absolute Gasteiger partial charge is 0.310 e. The molecule has 2 nitrogen and oxygen atoms in total. The van der Waals surface area contributed by atoms with E-state index in [9.17, 15) is 0 Å². The Kier molecular flexibility index (Phi) is 4.42. The lowest BCUT2D eigenvalue weighted by Crippen LogP contribution is -2.35. The Morgan fingerprint density at radius 3 is 2.56 bits per heavy atom. The molecule has 0 aromatic rings. The molecule has 0 heterocycles. The lowest BCUT2D eigenvalue weighted by molar-refractivity contribution is 0.194. The number of rotatable bonds is 8. The molecule has 0 amide bonds. The van der Waals surface area contributed by atoms with Crippen molar-refractivity contribution in [3.8, 4) is 0 Å². The Morgan fingerprint density at radius 2 is 2.06 bits per heavy atom. The smallest absolute Gasteiger partial charge is 0.0202 e. The fraction of sp³-hybridized carbons (Fsp3) is 0.857. The van der Waals surface area contributed by atoms with Crippen molar-refractivity contribution in [3.05, 3.63) is 12.2 Å².